The van der Waals surface area contributed by atoms with Crippen LogP contribution in [-0.2, 0) is 6.42 Å². The molecule has 1 aromatic carbocycles. The zero-order chi connectivity index (χ0) is 12.7. The largest absolute Gasteiger partial charge is 0.271 e. The summed E-state index contributed by atoms with van der Waals surface area (Å²) in [5, 5.41) is 0. The zero-order valence-electron chi connectivity index (χ0n) is 11.2. The quantitative estimate of drug-likeness (QED) is 0.486. The van der Waals surface area contributed by atoms with Crippen LogP contribution in [0, 0.1) is 11.8 Å². The first-order valence-electron chi connectivity index (χ1n) is 6.91. The smallest absolute Gasteiger partial charge is 0.0429 e. The molecule has 18 heavy (non-hydrogen) atoms. The highest BCUT2D eigenvalue weighted by Crippen LogP contribution is 2.61. The van der Waals surface area contributed by atoms with Crippen LogP contribution in [0.25, 0.3) is 0 Å². The standard InChI is InChI=1S/C16H22N2/c1-10(2)9-14(18-17)16-13-8-7-11-5-3-4-6-12(11)15(13)16/h3-6,9,13-16,18H,7-8,17H2,1-2H3. The molecule has 2 heteroatoms. The molecule has 2 aliphatic rings. The molecule has 0 aliphatic heterocycles. The predicted molar refractivity (Wildman–Crippen MR) is 75.0 cm³/mol. The number of hydrazine groups is 1. The van der Waals surface area contributed by atoms with E-state index in [0.29, 0.717) is 12.0 Å². The van der Waals surface area contributed by atoms with Gasteiger partial charge in [-0.15, -0.1) is 0 Å². The van der Waals surface area contributed by atoms with Crippen molar-refractivity contribution in [3.63, 3.8) is 0 Å². The Morgan fingerprint density at radius 2 is 2.17 bits per heavy atom. The average molecular weight is 242 g/mol. The van der Waals surface area contributed by atoms with Gasteiger partial charge in [0.2, 0.25) is 0 Å². The van der Waals surface area contributed by atoms with E-state index in [1.165, 1.54) is 18.4 Å². The van der Waals surface area contributed by atoms with Crippen LogP contribution in [0.4, 0.5) is 0 Å². The summed E-state index contributed by atoms with van der Waals surface area (Å²) in [5.41, 5.74) is 7.47. The van der Waals surface area contributed by atoms with Gasteiger partial charge in [-0.2, -0.15) is 0 Å². The van der Waals surface area contributed by atoms with Crippen LogP contribution in [0.5, 0.6) is 0 Å². The molecule has 0 heterocycles. The molecule has 1 saturated carbocycles. The summed E-state index contributed by atoms with van der Waals surface area (Å²) >= 11 is 0. The molecule has 0 saturated heterocycles. The molecule has 3 rings (SSSR count). The Kier molecular flexibility index (Phi) is 3.00. The number of allylic oxidation sites excluding steroid dienone is 1. The van der Waals surface area contributed by atoms with E-state index in [2.05, 4.69) is 49.6 Å². The predicted octanol–water partition coefficient (Wildman–Crippen LogP) is 2.76. The third-order valence-electron chi connectivity index (χ3n) is 4.51. The number of nitrogens with one attached hydrogen (secondary N) is 1. The van der Waals surface area contributed by atoms with Crippen molar-refractivity contribution in [3.05, 3.63) is 47.0 Å². The molecular weight excluding hydrogens is 220 g/mol. The lowest BCUT2D eigenvalue weighted by atomic mass is 9.92. The second kappa shape index (κ2) is 4.52. The van der Waals surface area contributed by atoms with Gasteiger partial charge in [0, 0.05) is 6.04 Å². The zero-order valence-corrected chi connectivity index (χ0v) is 11.2. The van der Waals surface area contributed by atoms with Crippen LogP contribution in [0.3, 0.4) is 0 Å². The maximum absolute atomic E-state index is 5.74. The first kappa shape index (κ1) is 11.9. The topological polar surface area (TPSA) is 38.0 Å². The van der Waals surface area contributed by atoms with Crippen molar-refractivity contribution < 1.29 is 0 Å². The van der Waals surface area contributed by atoms with Crippen molar-refractivity contribution in [2.45, 2.75) is 38.6 Å². The molecule has 1 fully saturated rings. The van der Waals surface area contributed by atoms with E-state index in [-0.39, 0.29) is 0 Å². The highest BCUT2D eigenvalue weighted by atomic mass is 15.2. The number of nitrogens with two attached hydrogens (primary N) is 1. The van der Waals surface area contributed by atoms with Crippen LogP contribution in [0.15, 0.2) is 35.9 Å². The molecule has 0 bridgehead atoms. The van der Waals surface area contributed by atoms with Gasteiger partial charge in [-0.05, 0) is 55.6 Å². The van der Waals surface area contributed by atoms with E-state index in [1.807, 2.05) is 0 Å². The minimum atomic E-state index is 0.330. The molecule has 2 nitrogen and oxygen atoms in total. The van der Waals surface area contributed by atoms with Crippen molar-refractivity contribution in [2.75, 3.05) is 0 Å². The van der Waals surface area contributed by atoms with Gasteiger partial charge in [-0.3, -0.25) is 11.3 Å². The van der Waals surface area contributed by atoms with Gasteiger partial charge in [0.25, 0.3) is 0 Å². The maximum Gasteiger partial charge on any atom is 0.0429 e. The molecule has 4 unspecified atom stereocenters. The highest BCUT2D eigenvalue weighted by Gasteiger charge is 2.55. The summed E-state index contributed by atoms with van der Waals surface area (Å²) in [6.45, 7) is 4.29. The highest BCUT2D eigenvalue weighted by molar-refractivity contribution is 5.40. The molecule has 96 valence electrons. The van der Waals surface area contributed by atoms with Gasteiger partial charge in [0.15, 0.2) is 0 Å². The molecule has 1 aromatic rings. The molecule has 0 radical (unpaired) electrons. The number of aryl methyl sites for hydroxylation is 1. The van der Waals surface area contributed by atoms with E-state index in [1.54, 1.807) is 11.1 Å². The van der Waals surface area contributed by atoms with E-state index < -0.39 is 0 Å². The molecule has 3 N–H and O–H groups in total. The van der Waals surface area contributed by atoms with Crippen molar-refractivity contribution in [3.8, 4) is 0 Å². The summed E-state index contributed by atoms with van der Waals surface area (Å²) in [5.74, 6) is 7.99. The molecular formula is C16H22N2. The second-order valence-corrected chi connectivity index (χ2v) is 5.94. The maximum atomic E-state index is 5.74. The lowest BCUT2D eigenvalue weighted by molar-refractivity contribution is 0.512. The minimum absolute atomic E-state index is 0.330. The average Bonchev–Trinajstić information content (AvgIpc) is 3.10. The van der Waals surface area contributed by atoms with E-state index in [0.717, 1.165) is 11.8 Å². The number of rotatable bonds is 3. The van der Waals surface area contributed by atoms with Crippen LogP contribution in [0.1, 0.15) is 37.3 Å². The summed E-state index contributed by atoms with van der Waals surface area (Å²) in [6.07, 6.45) is 4.84. The van der Waals surface area contributed by atoms with Gasteiger partial charge >= 0.3 is 0 Å². The minimum Gasteiger partial charge on any atom is -0.271 e. The SMILES string of the molecule is CC(C)=CC(NN)C1C2CCc3ccccc3C21. The van der Waals surface area contributed by atoms with Crippen LogP contribution < -0.4 is 11.3 Å². The van der Waals surface area contributed by atoms with Crippen LogP contribution >= 0.6 is 0 Å². The fourth-order valence-corrected chi connectivity index (χ4v) is 3.74. The summed E-state index contributed by atoms with van der Waals surface area (Å²) < 4.78 is 0. The summed E-state index contributed by atoms with van der Waals surface area (Å²) in [6, 6.07) is 9.25. The normalized spacial score (nSPS) is 30.1. The molecule has 4 atom stereocenters. The Morgan fingerprint density at radius 3 is 2.89 bits per heavy atom. The van der Waals surface area contributed by atoms with Gasteiger partial charge < -0.3 is 0 Å². The Bertz CT molecular complexity index is 474. The lowest BCUT2D eigenvalue weighted by Crippen LogP contribution is -2.36. The van der Waals surface area contributed by atoms with Crippen molar-refractivity contribution >= 4 is 0 Å². The van der Waals surface area contributed by atoms with Gasteiger partial charge in [0.05, 0.1) is 0 Å². The Morgan fingerprint density at radius 1 is 1.39 bits per heavy atom. The second-order valence-electron chi connectivity index (χ2n) is 5.94. The summed E-state index contributed by atoms with van der Waals surface area (Å²) in [7, 11) is 0. The summed E-state index contributed by atoms with van der Waals surface area (Å²) in [4.78, 5) is 0. The monoisotopic (exact) mass is 242 g/mol. The van der Waals surface area contributed by atoms with Crippen molar-refractivity contribution in [1.82, 2.24) is 5.43 Å². The number of fused-ring (bicyclic) bond motifs is 3. The molecule has 0 amide bonds. The van der Waals surface area contributed by atoms with Crippen LogP contribution in [-0.4, -0.2) is 6.04 Å². The number of hydrogen-bond acceptors (Lipinski definition) is 2. The molecule has 2 aliphatic carbocycles. The van der Waals surface area contributed by atoms with Gasteiger partial charge in [-0.25, -0.2) is 0 Å². The third kappa shape index (κ3) is 1.90. The fraction of sp³-hybridized carbons (Fsp3) is 0.500. The first-order chi connectivity index (χ1) is 8.72. The Labute approximate surface area is 109 Å². The number of hydrogen-bond donors (Lipinski definition) is 2. The van der Waals surface area contributed by atoms with Gasteiger partial charge in [-0.1, -0.05) is 35.9 Å². The van der Waals surface area contributed by atoms with E-state index in [9.17, 15) is 0 Å². The Hall–Kier alpha value is -1.12. The lowest BCUT2D eigenvalue weighted by Gasteiger charge is -2.14. The van der Waals surface area contributed by atoms with Gasteiger partial charge in [0.1, 0.15) is 0 Å². The fourth-order valence-electron chi connectivity index (χ4n) is 3.74. The first-order valence-corrected chi connectivity index (χ1v) is 6.91. The Balaban J connectivity index is 1.86. The molecule has 0 aromatic heterocycles. The van der Waals surface area contributed by atoms with Crippen molar-refractivity contribution in [1.29, 1.82) is 0 Å². The van der Waals surface area contributed by atoms with E-state index >= 15 is 0 Å². The third-order valence-corrected chi connectivity index (χ3v) is 4.51. The van der Waals surface area contributed by atoms with Crippen LogP contribution in [0.2, 0.25) is 0 Å². The number of benzene rings is 1. The van der Waals surface area contributed by atoms with Crippen molar-refractivity contribution in [2.24, 2.45) is 17.7 Å². The van der Waals surface area contributed by atoms with E-state index in [4.69, 9.17) is 5.84 Å². The molecule has 0 spiro atoms.